The van der Waals surface area contributed by atoms with Crippen molar-refractivity contribution in [2.75, 3.05) is 38.2 Å². The average molecular weight is 433 g/mol. The molecule has 1 amide bonds. The van der Waals surface area contributed by atoms with E-state index in [9.17, 15) is 13.2 Å². The van der Waals surface area contributed by atoms with E-state index < -0.39 is 10.0 Å². The lowest BCUT2D eigenvalue weighted by atomic mass is 9.95. The number of carbonyl (C=O) groups excluding carboxylic acids is 1. The maximum absolute atomic E-state index is 13.0. The van der Waals surface area contributed by atoms with Crippen LogP contribution in [-0.2, 0) is 19.6 Å². The Morgan fingerprint density at radius 2 is 1.83 bits per heavy atom. The molecule has 0 aromatic heterocycles. The number of anilines is 1. The first-order valence-corrected chi connectivity index (χ1v) is 11.6. The molecule has 2 aromatic carbocycles. The lowest BCUT2D eigenvalue weighted by molar-refractivity contribution is -0.117. The number of morpholine rings is 1. The molecule has 1 aliphatic rings. The molecule has 1 saturated heterocycles. The SMILES string of the molecule is CCOc1ccc(S(=O)(=O)N2CCOCC2)cc1NC(=O)[C@@H](CC)c1ccccc1. The molecular formula is C22H28N2O5S. The first-order valence-electron chi connectivity index (χ1n) is 10.2. The number of hydrogen-bond donors (Lipinski definition) is 1. The maximum atomic E-state index is 13.0. The second-order valence-corrected chi connectivity index (χ2v) is 8.91. The molecule has 30 heavy (non-hydrogen) atoms. The molecule has 7 nitrogen and oxygen atoms in total. The van der Waals surface area contributed by atoms with Gasteiger partial charge < -0.3 is 14.8 Å². The zero-order valence-electron chi connectivity index (χ0n) is 17.3. The Bertz CT molecular complexity index is 957. The highest BCUT2D eigenvalue weighted by Gasteiger charge is 2.28. The molecule has 2 aromatic rings. The van der Waals surface area contributed by atoms with Crippen LogP contribution < -0.4 is 10.1 Å². The van der Waals surface area contributed by atoms with Crippen molar-refractivity contribution < 1.29 is 22.7 Å². The minimum absolute atomic E-state index is 0.121. The van der Waals surface area contributed by atoms with Gasteiger partial charge >= 0.3 is 0 Å². The quantitative estimate of drug-likeness (QED) is 0.692. The number of benzene rings is 2. The van der Waals surface area contributed by atoms with Crippen LogP contribution in [0, 0.1) is 0 Å². The molecule has 0 unspecified atom stereocenters. The third kappa shape index (κ3) is 5.00. The second-order valence-electron chi connectivity index (χ2n) is 6.97. The topological polar surface area (TPSA) is 84.9 Å². The van der Waals surface area contributed by atoms with E-state index in [1.807, 2.05) is 44.2 Å². The highest BCUT2D eigenvalue weighted by atomic mass is 32.2. The summed E-state index contributed by atoms with van der Waals surface area (Å²) in [6.07, 6.45) is 0.617. The highest BCUT2D eigenvalue weighted by Crippen LogP contribution is 2.31. The van der Waals surface area contributed by atoms with Crippen molar-refractivity contribution in [2.24, 2.45) is 0 Å². The molecule has 0 radical (unpaired) electrons. The molecule has 1 atom stereocenters. The van der Waals surface area contributed by atoms with Gasteiger partial charge in [-0.25, -0.2) is 8.42 Å². The number of ether oxygens (including phenoxy) is 2. The number of rotatable bonds is 8. The standard InChI is InChI=1S/C22H28N2O5S/c1-3-19(17-8-6-5-7-9-17)22(25)23-20-16-18(10-11-21(20)29-4-2)30(26,27)24-12-14-28-15-13-24/h5-11,16,19H,3-4,12-15H2,1-2H3,(H,23,25)/t19-/m0/s1. The number of nitrogens with one attached hydrogen (secondary N) is 1. The molecule has 0 bridgehead atoms. The number of nitrogens with zero attached hydrogens (tertiary/aromatic N) is 1. The first-order chi connectivity index (χ1) is 14.5. The lowest BCUT2D eigenvalue weighted by Crippen LogP contribution is -2.40. The van der Waals surface area contributed by atoms with Crippen molar-refractivity contribution in [3.8, 4) is 5.75 Å². The number of amides is 1. The molecule has 0 spiro atoms. The second kappa shape index (κ2) is 10.1. The molecule has 0 saturated carbocycles. The Morgan fingerprint density at radius 1 is 1.13 bits per heavy atom. The lowest BCUT2D eigenvalue weighted by Gasteiger charge is -2.26. The minimum atomic E-state index is -3.68. The molecule has 1 aliphatic heterocycles. The van der Waals surface area contributed by atoms with Gasteiger partial charge in [-0.1, -0.05) is 37.3 Å². The van der Waals surface area contributed by atoms with Crippen LogP contribution in [0.3, 0.4) is 0 Å². The summed E-state index contributed by atoms with van der Waals surface area (Å²) in [5, 5.41) is 2.89. The fourth-order valence-corrected chi connectivity index (χ4v) is 4.90. The van der Waals surface area contributed by atoms with E-state index >= 15 is 0 Å². The van der Waals surface area contributed by atoms with E-state index in [2.05, 4.69) is 5.32 Å². The van der Waals surface area contributed by atoms with Gasteiger partial charge in [-0.2, -0.15) is 4.31 Å². The fourth-order valence-electron chi connectivity index (χ4n) is 3.46. The van der Waals surface area contributed by atoms with Gasteiger partial charge in [-0.05, 0) is 37.1 Å². The minimum Gasteiger partial charge on any atom is -0.492 e. The Labute approximate surface area is 178 Å². The molecule has 3 rings (SSSR count). The van der Waals surface area contributed by atoms with E-state index in [1.165, 1.54) is 16.4 Å². The van der Waals surface area contributed by atoms with Gasteiger partial charge in [0.25, 0.3) is 0 Å². The van der Waals surface area contributed by atoms with Gasteiger partial charge in [0.1, 0.15) is 5.75 Å². The molecule has 1 heterocycles. The summed E-state index contributed by atoms with van der Waals surface area (Å²) in [6.45, 7) is 5.54. The van der Waals surface area contributed by atoms with Gasteiger partial charge in [0.2, 0.25) is 15.9 Å². The van der Waals surface area contributed by atoms with Crippen LogP contribution in [0.2, 0.25) is 0 Å². The van der Waals surface area contributed by atoms with Crippen molar-refractivity contribution in [1.82, 2.24) is 4.31 Å². The van der Waals surface area contributed by atoms with Crippen molar-refractivity contribution in [3.63, 3.8) is 0 Å². The summed E-state index contributed by atoms with van der Waals surface area (Å²) in [5.74, 6) is -0.111. The van der Waals surface area contributed by atoms with Crippen LogP contribution in [0.25, 0.3) is 0 Å². The average Bonchev–Trinajstić information content (AvgIpc) is 2.77. The van der Waals surface area contributed by atoms with Gasteiger partial charge in [0.15, 0.2) is 0 Å². The number of carbonyl (C=O) groups is 1. The van der Waals surface area contributed by atoms with Gasteiger partial charge in [0, 0.05) is 13.1 Å². The smallest absolute Gasteiger partial charge is 0.243 e. The van der Waals surface area contributed by atoms with E-state index in [0.717, 1.165) is 5.56 Å². The summed E-state index contributed by atoms with van der Waals surface area (Å²) in [6, 6.07) is 14.1. The molecule has 162 valence electrons. The van der Waals surface area contributed by atoms with Crippen molar-refractivity contribution in [3.05, 3.63) is 54.1 Å². The highest BCUT2D eigenvalue weighted by molar-refractivity contribution is 7.89. The van der Waals surface area contributed by atoms with E-state index in [4.69, 9.17) is 9.47 Å². The zero-order valence-corrected chi connectivity index (χ0v) is 18.2. The molecular weight excluding hydrogens is 404 g/mol. The first kappa shape index (κ1) is 22.3. The fraction of sp³-hybridized carbons (Fsp3) is 0.409. The summed E-state index contributed by atoms with van der Waals surface area (Å²) < 4.78 is 38.3. The van der Waals surface area contributed by atoms with Crippen molar-refractivity contribution in [1.29, 1.82) is 0 Å². The summed E-state index contributed by atoms with van der Waals surface area (Å²) >= 11 is 0. The largest absolute Gasteiger partial charge is 0.492 e. The third-order valence-corrected chi connectivity index (χ3v) is 6.94. The van der Waals surface area contributed by atoms with E-state index in [0.29, 0.717) is 50.8 Å². The summed E-state index contributed by atoms with van der Waals surface area (Å²) in [4.78, 5) is 13.1. The van der Waals surface area contributed by atoms with Crippen molar-refractivity contribution >= 4 is 21.6 Å². The molecule has 1 N–H and O–H groups in total. The zero-order chi connectivity index (χ0) is 21.6. The van der Waals surface area contributed by atoms with Crippen LogP contribution in [0.4, 0.5) is 5.69 Å². The monoisotopic (exact) mass is 432 g/mol. The van der Waals surface area contributed by atoms with Gasteiger partial charge in [-0.3, -0.25) is 4.79 Å². The third-order valence-electron chi connectivity index (χ3n) is 5.04. The molecule has 1 fully saturated rings. The van der Waals surface area contributed by atoms with Crippen LogP contribution in [0.5, 0.6) is 5.75 Å². The van der Waals surface area contributed by atoms with E-state index in [1.54, 1.807) is 6.07 Å². The Balaban J connectivity index is 1.90. The predicted molar refractivity (Wildman–Crippen MR) is 115 cm³/mol. The summed E-state index contributed by atoms with van der Waals surface area (Å²) in [5.41, 5.74) is 1.26. The Morgan fingerprint density at radius 3 is 2.47 bits per heavy atom. The van der Waals surface area contributed by atoms with Gasteiger partial charge in [0.05, 0.1) is 36.3 Å². The normalized spacial score (nSPS) is 16.1. The molecule has 8 heteroatoms. The number of sulfonamides is 1. The van der Waals surface area contributed by atoms with Crippen LogP contribution in [0.1, 0.15) is 31.7 Å². The Hall–Kier alpha value is -2.42. The van der Waals surface area contributed by atoms with Crippen LogP contribution >= 0.6 is 0 Å². The van der Waals surface area contributed by atoms with Crippen molar-refractivity contribution in [2.45, 2.75) is 31.1 Å². The molecule has 0 aliphatic carbocycles. The van der Waals surface area contributed by atoms with E-state index in [-0.39, 0.29) is 16.7 Å². The van der Waals surface area contributed by atoms with Crippen LogP contribution in [-0.4, -0.2) is 51.5 Å². The van der Waals surface area contributed by atoms with Crippen LogP contribution in [0.15, 0.2) is 53.4 Å². The Kier molecular flexibility index (Phi) is 7.47. The number of hydrogen-bond acceptors (Lipinski definition) is 5. The maximum Gasteiger partial charge on any atom is 0.243 e. The van der Waals surface area contributed by atoms with Gasteiger partial charge in [-0.15, -0.1) is 0 Å². The predicted octanol–water partition coefficient (Wildman–Crippen LogP) is 3.24. The summed E-state index contributed by atoms with van der Waals surface area (Å²) in [7, 11) is -3.68.